The predicted octanol–water partition coefficient (Wildman–Crippen LogP) is 1.25. The molecule has 0 aliphatic heterocycles. The smallest absolute Gasteiger partial charge is 0.194 e. The summed E-state index contributed by atoms with van der Waals surface area (Å²) in [5.41, 5.74) is 8.68. The van der Waals surface area contributed by atoms with Crippen molar-refractivity contribution < 1.29 is 0 Å². The SMILES string of the molecule is Cn1cncc1-c1csc2nc(CN)cn12. The highest BCUT2D eigenvalue weighted by atomic mass is 32.1. The van der Waals surface area contributed by atoms with Gasteiger partial charge in [-0.25, -0.2) is 9.97 Å². The number of aryl methyl sites for hydroxylation is 1. The van der Waals surface area contributed by atoms with E-state index in [0.717, 1.165) is 22.0 Å². The molecule has 0 aliphatic carbocycles. The van der Waals surface area contributed by atoms with Crippen LogP contribution in [0.5, 0.6) is 0 Å². The van der Waals surface area contributed by atoms with Gasteiger partial charge in [0.15, 0.2) is 4.96 Å². The topological polar surface area (TPSA) is 61.1 Å². The van der Waals surface area contributed by atoms with Crippen LogP contribution in [0.1, 0.15) is 5.69 Å². The van der Waals surface area contributed by atoms with Gasteiger partial charge in [-0.15, -0.1) is 11.3 Å². The molecule has 0 fully saturated rings. The quantitative estimate of drug-likeness (QED) is 0.724. The van der Waals surface area contributed by atoms with Crippen LogP contribution in [0.15, 0.2) is 24.1 Å². The molecular formula is C10H11N5S. The van der Waals surface area contributed by atoms with Crippen LogP contribution in [0, 0.1) is 0 Å². The second-order valence-electron chi connectivity index (χ2n) is 3.60. The molecule has 3 heterocycles. The van der Waals surface area contributed by atoms with Gasteiger partial charge in [0.25, 0.3) is 0 Å². The van der Waals surface area contributed by atoms with E-state index in [0.29, 0.717) is 6.54 Å². The monoisotopic (exact) mass is 233 g/mol. The number of hydrogen-bond acceptors (Lipinski definition) is 4. The molecule has 0 bridgehead atoms. The van der Waals surface area contributed by atoms with Crippen LogP contribution in [0.25, 0.3) is 16.3 Å². The number of nitrogens with two attached hydrogens (primary N) is 1. The summed E-state index contributed by atoms with van der Waals surface area (Å²) in [6.07, 6.45) is 5.62. The van der Waals surface area contributed by atoms with Crippen LogP contribution in [0.3, 0.4) is 0 Å². The fraction of sp³-hybridized carbons (Fsp3) is 0.200. The third-order valence-electron chi connectivity index (χ3n) is 2.55. The number of aromatic nitrogens is 4. The summed E-state index contributed by atoms with van der Waals surface area (Å²) in [4.78, 5) is 9.51. The summed E-state index contributed by atoms with van der Waals surface area (Å²) >= 11 is 1.61. The minimum Gasteiger partial charge on any atom is -0.333 e. The van der Waals surface area contributed by atoms with Crippen LogP contribution in [-0.2, 0) is 13.6 Å². The van der Waals surface area contributed by atoms with E-state index >= 15 is 0 Å². The largest absolute Gasteiger partial charge is 0.333 e. The molecule has 2 N–H and O–H groups in total. The standard InChI is InChI=1S/C10H11N5S/c1-14-6-12-3-8(14)9-5-16-10-13-7(2-11)4-15(9)10/h3-6H,2,11H2,1H3. The normalized spacial score (nSPS) is 11.4. The van der Waals surface area contributed by atoms with E-state index in [-0.39, 0.29) is 0 Å². The highest BCUT2D eigenvalue weighted by molar-refractivity contribution is 7.15. The van der Waals surface area contributed by atoms with Crippen molar-refractivity contribution in [2.75, 3.05) is 0 Å². The van der Waals surface area contributed by atoms with E-state index in [9.17, 15) is 0 Å². The molecule has 0 aliphatic rings. The van der Waals surface area contributed by atoms with Gasteiger partial charge in [-0.1, -0.05) is 0 Å². The van der Waals surface area contributed by atoms with Gasteiger partial charge in [-0.05, 0) is 0 Å². The van der Waals surface area contributed by atoms with E-state index in [2.05, 4.69) is 19.7 Å². The Morgan fingerprint density at radius 3 is 3.00 bits per heavy atom. The average Bonchev–Trinajstić information content (AvgIpc) is 2.92. The Balaban J connectivity index is 2.24. The van der Waals surface area contributed by atoms with Gasteiger partial charge >= 0.3 is 0 Å². The predicted molar refractivity (Wildman–Crippen MR) is 63.2 cm³/mol. The van der Waals surface area contributed by atoms with E-state index in [1.165, 1.54) is 0 Å². The van der Waals surface area contributed by atoms with E-state index < -0.39 is 0 Å². The first-order valence-electron chi connectivity index (χ1n) is 4.92. The highest BCUT2D eigenvalue weighted by Crippen LogP contribution is 2.25. The zero-order valence-electron chi connectivity index (χ0n) is 8.79. The molecule has 0 spiro atoms. The highest BCUT2D eigenvalue weighted by Gasteiger charge is 2.11. The summed E-state index contributed by atoms with van der Waals surface area (Å²) in [6, 6.07) is 0. The van der Waals surface area contributed by atoms with Crippen molar-refractivity contribution in [3.8, 4) is 11.4 Å². The Labute approximate surface area is 96.2 Å². The van der Waals surface area contributed by atoms with Crippen molar-refractivity contribution in [1.29, 1.82) is 0 Å². The molecule has 82 valence electrons. The lowest BCUT2D eigenvalue weighted by Gasteiger charge is -1.99. The lowest BCUT2D eigenvalue weighted by atomic mass is 10.3. The molecule has 3 rings (SSSR count). The molecule has 5 nitrogen and oxygen atoms in total. The van der Waals surface area contributed by atoms with Gasteiger partial charge in [0.05, 0.1) is 29.6 Å². The lowest BCUT2D eigenvalue weighted by molar-refractivity contribution is 0.914. The van der Waals surface area contributed by atoms with Gasteiger partial charge in [-0.2, -0.15) is 0 Å². The second kappa shape index (κ2) is 3.43. The van der Waals surface area contributed by atoms with Crippen molar-refractivity contribution in [3.63, 3.8) is 0 Å². The zero-order chi connectivity index (χ0) is 11.1. The lowest BCUT2D eigenvalue weighted by Crippen LogP contribution is -1.95. The molecular weight excluding hydrogens is 222 g/mol. The first-order chi connectivity index (χ1) is 7.79. The second-order valence-corrected chi connectivity index (χ2v) is 4.44. The summed E-state index contributed by atoms with van der Waals surface area (Å²) in [7, 11) is 1.98. The molecule has 0 radical (unpaired) electrons. The van der Waals surface area contributed by atoms with Crippen LogP contribution in [0.2, 0.25) is 0 Å². The van der Waals surface area contributed by atoms with Gasteiger partial charge in [0.2, 0.25) is 0 Å². The van der Waals surface area contributed by atoms with Crippen LogP contribution >= 0.6 is 11.3 Å². The molecule has 0 amide bonds. The zero-order valence-corrected chi connectivity index (χ0v) is 9.61. The Morgan fingerprint density at radius 1 is 1.44 bits per heavy atom. The maximum Gasteiger partial charge on any atom is 0.194 e. The van der Waals surface area contributed by atoms with Crippen molar-refractivity contribution in [2.45, 2.75) is 6.54 Å². The van der Waals surface area contributed by atoms with Gasteiger partial charge < -0.3 is 10.3 Å². The van der Waals surface area contributed by atoms with Crippen molar-refractivity contribution in [1.82, 2.24) is 18.9 Å². The minimum absolute atomic E-state index is 0.471. The van der Waals surface area contributed by atoms with Gasteiger partial charge in [0, 0.05) is 25.2 Å². The van der Waals surface area contributed by atoms with Gasteiger partial charge in [-0.3, -0.25) is 4.40 Å². The average molecular weight is 233 g/mol. The van der Waals surface area contributed by atoms with Crippen molar-refractivity contribution in [2.24, 2.45) is 12.8 Å². The number of nitrogens with zero attached hydrogens (tertiary/aromatic N) is 4. The Morgan fingerprint density at radius 2 is 2.31 bits per heavy atom. The molecule has 0 atom stereocenters. The third kappa shape index (κ3) is 1.27. The minimum atomic E-state index is 0.471. The Bertz CT molecular complexity index is 633. The maximum absolute atomic E-state index is 5.58. The van der Waals surface area contributed by atoms with E-state index in [4.69, 9.17) is 5.73 Å². The molecule has 3 aromatic heterocycles. The van der Waals surface area contributed by atoms with Crippen molar-refractivity contribution in [3.05, 3.63) is 29.8 Å². The number of thiazole rings is 1. The number of hydrogen-bond donors (Lipinski definition) is 1. The molecule has 16 heavy (non-hydrogen) atoms. The summed E-state index contributed by atoms with van der Waals surface area (Å²) in [5, 5.41) is 2.08. The summed E-state index contributed by atoms with van der Waals surface area (Å²) in [5.74, 6) is 0. The van der Waals surface area contributed by atoms with Crippen molar-refractivity contribution >= 4 is 16.3 Å². The Hall–Kier alpha value is -1.66. The first kappa shape index (κ1) is 9.56. The van der Waals surface area contributed by atoms with Crippen LogP contribution in [0.4, 0.5) is 0 Å². The summed E-state index contributed by atoms with van der Waals surface area (Å²) in [6.45, 7) is 0.471. The molecule has 0 saturated carbocycles. The molecule has 0 aromatic carbocycles. The number of imidazole rings is 2. The van der Waals surface area contributed by atoms with Crippen LogP contribution < -0.4 is 5.73 Å². The number of rotatable bonds is 2. The fourth-order valence-corrected chi connectivity index (χ4v) is 2.60. The van der Waals surface area contributed by atoms with E-state index in [1.807, 2.05) is 24.0 Å². The molecule has 6 heteroatoms. The summed E-state index contributed by atoms with van der Waals surface area (Å²) < 4.78 is 4.05. The first-order valence-corrected chi connectivity index (χ1v) is 5.80. The maximum atomic E-state index is 5.58. The van der Waals surface area contributed by atoms with Gasteiger partial charge in [0.1, 0.15) is 0 Å². The Kier molecular flexibility index (Phi) is 2.05. The number of fused-ring (bicyclic) bond motifs is 1. The molecule has 3 aromatic rings. The van der Waals surface area contributed by atoms with Crippen LogP contribution in [-0.4, -0.2) is 18.9 Å². The van der Waals surface area contributed by atoms with E-state index in [1.54, 1.807) is 17.7 Å². The molecule has 0 unspecified atom stereocenters. The molecule has 0 saturated heterocycles. The third-order valence-corrected chi connectivity index (χ3v) is 3.39. The fourth-order valence-electron chi connectivity index (χ4n) is 1.72.